The smallest absolute Gasteiger partial charge is 0.143 e. The van der Waals surface area contributed by atoms with Crippen LogP contribution in [0.15, 0.2) is 150 Å². The van der Waals surface area contributed by atoms with E-state index in [1.54, 1.807) is 0 Å². The lowest BCUT2D eigenvalue weighted by molar-refractivity contribution is 0.674. The number of benzene rings is 9. The van der Waals surface area contributed by atoms with E-state index in [0.717, 1.165) is 27.5 Å². The SMILES string of the molecule is c1ccc2c(c1)ccc1c2oc2c(-c3ccc4sc5ccccc5c4c3)ccc(-c3ccc4ccc5cccc6ccc3c4c56)c21. The van der Waals surface area contributed by atoms with Gasteiger partial charge in [-0.3, -0.25) is 0 Å². The average molecular weight is 601 g/mol. The first kappa shape index (κ1) is 24.6. The van der Waals surface area contributed by atoms with Gasteiger partial charge in [-0.25, -0.2) is 0 Å². The highest BCUT2D eigenvalue weighted by atomic mass is 32.1. The molecule has 0 fully saturated rings. The molecule has 2 heterocycles. The molecule has 0 N–H and O–H groups in total. The molecule has 0 atom stereocenters. The fourth-order valence-electron chi connectivity index (χ4n) is 7.92. The lowest BCUT2D eigenvalue weighted by atomic mass is 9.87. The van der Waals surface area contributed by atoms with Crippen molar-refractivity contribution in [1.29, 1.82) is 0 Å². The Bertz CT molecular complexity index is 3010. The molecule has 0 saturated carbocycles. The zero-order valence-corrected chi connectivity index (χ0v) is 25.5. The number of hydrogen-bond donors (Lipinski definition) is 0. The van der Waals surface area contributed by atoms with Gasteiger partial charge in [0.1, 0.15) is 11.2 Å². The quantitative estimate of drug-likeness (QED) is 0.180. The minimum absolute atomic E-state index is 0.938. The van der Waals surface area contributed by atoms with Gasteiger partial charge in [0.25, 0.3) is 0 Å². The van der Waals surface area contributed by atoms with Crippen LogP contribution >= 0.6 is 11.3 Å². The standard InChI is InChI=1S/C44H24OS/c1-2-9-30-25(6-1)14-20-36-42-35(32-18-15-28-13-12-26-7-5-8-27-16-19-34(32)41(28)40(26)27)22-21-31(44(42)45-43(30)36)29-17-23-39-37(24-29)33-10-3-4-11-38(33)46-39/h1-24H. The summed E-state index contributed by atoms with van der Waals surface area (Å²) in [6, 6.07) is 53.5. The van der Waals surface area contributed by atoms with E-state index in [0.29, 0.717) is 0 Å². The number of fused-ring (bicyclic) bond motifs is 8. The van der Waals surface area contributed by atoms with Gasteiger partial charge in [-0.2, -0.15) is 0 Å². The van der Waals surface area contributed by atoms with E-state index >= 15 is 0 Å². The molecule has 11 rings (SSSR count). The van der Waals surface area contributed by atoms with Gasteiger partial charge < -0.3 is 4.42 Å². The third kappa shape index (κ3) is 3.24. The summed E-state index contributed by atoms with van der Waals surface area (Å²) < 4.78 is 9.65. The van der Waals surface area contributed by atoms with Crippen LogP contribution in [0.2, 0.25) is 0 Å². The molecule has 0 saturated heterocycles. The summed E-state index contributed by atoms with van der Waals surface area (Å²) in [4.78, 5) is 0. The van der Waals surface area contributed by atoms with E-state index in [1.807, 2.05) is 11.3 Å². The summed E-state index contributed by atoms with van der Waals surface area (Å²) in [5.41, 5.74) is 6.61. The van der Waals surface area contributed by atoms with Crippen LogP contribution in [0.1, 0.15) is 0 Å². The maximum atomic E-state index is 7.02. The number of thiophene rings is 1. The summed E-state index contributed by atoms with van der Waals surface area (Å²) in [6.45, 7) is 0. The molecule has 0 aliphatic carbocycles. The predicted molar refractivity (Wildman–Crippen MR) is 199 cm³/mol. The van der Waals surface area contributed by atoms with Gasteiger partial charge in [0.2, 0.25) is 0 Å². The molecule has 212 valence electrons. The van der Waals surface area contributed by atoms with E-state index in [9.17, 15) is 0 Å². The minimum atomic E-state index is 0.938. The third-order valence-corrected chi connectivity index (χ3v) is 11.2. The average Bonchev–Trinajstić information content (AvgIpc) is 3.69. The van der Waals surface area contributed by atoms with Crippen LogP contribution in [0.4, 0.5) is 0 Å². The summed E-state index contributed by atoms with van der Waals surface area (Å²) in [5, 5.41) is 15.0. The normalized spacial score (nSPS) is 12.3. The summed E-state index contributed by atoms with van der Waals surface area (Å²) in [5.74, 6) is 0. The van der Waals surface area contributed by atoms with Crippen LogP contribution in [-0.2, 0) is 0 Å². The monoisotopic (exact) mass is 600 g/mol. The fraction of sp³-hybridized carbons (Fsp3) is 0. The molecule has 0 radical (unpaired) electrons. The van der Waals surface area contributed by atoms with Gasteiger partial charge in [-0.05, 0) is 84.7 Å². The lowest BCUT2D eigenvalue weighted by Crippen LogP contribution is -1.89. The Labute approximate surface area is 267 Å². The van der Waals surface area contributed by atoms with Gasteiger partial charge in [-0.1, -0.05) is 115 Å². The number of hydrogen-bond acceptors (Lipinski definition) is 2. The Morgan fingerprint density at radius 3 is 1.91 bits per heavy atom. The first-order chi connectivity index (χ1) is 22.8. The molecular weight excluding hydrogens is 577 g/mol. The highest BCUT2D eigenvalue weighted by molar-refractivity contribution is 7.25. The maximum absolute atomic E-state index is 7.02. The van der Waals surface area contributed by atoms with Crippen molar-refractivity contribution >= 4 is 96.5 Å². The van der Waals surface area contributed by atoms with Gasteiger partial charge >= 0.3 is 0 Å². The largest absolute Gasteiger partial charge is 0.455 e. The van der Waals surface area contributed by atoms with E-state index in [2.05, 4.69) is 146 Å². The van der Waals surface area contributed by atoms with Crippen LogP contribution in [-0.4, -0.2) is 0 Å². The highest BCUT2D eigenvalue weighted by Crippen LogP contribution is 2.47. The molecule has 0 amide bonds. The molecule has 0 bridgehead atoms. The zero-order chi connectivity index (χ0) is 29.9. The molecule has 1 nitrogen and oxygen atoms in total. The third-order valence-electron chi connectivity index (χ3n) is 10.0. The van der Waals surface area contributed by atoms with E-state index in [1.165, 1.54) is 80.0 Å². The molecule has 11 aromatic rings. The summed E-state index contributed by atoms with van der Waals surface area (Å²) in [7, 11) is 0. The molecule has 0 aliphatic rings. The van der Waals surface area contributed by atoms with Gasteiger partial charge in [0.05, 0.1) is 0 Å². The number of furan rings is 1. The predicted octanol–water partition coefficient (Wildman–Crippen LogP) is 13.3. The van der Waals surface area contributed by atoms with Crippen molar-refractivity contribution in [1.82, 2.24) is 0 Å². The Hall–Kier alpha value is -5.70. The number of rotatable bonds is 2. The second kappa shape index (κ2) is 8.94. The van der Waals surface area contributed by atoms with Crippen LogP contribution in [0.3, 0.4) is 0 Å². The van der Waals surface area contributed by atoms with Crippen LogP contribution in [0.25, 0.3) is 107 Å². The van der Waals surface area contributed by atoms with E-state index in [4.69, 9.17) is 4.42 Å². The second-order valence-electron chi connectivity index (χ2n) is 12.4. The molecule has 0 spiro atoms. The summed E-state index contributed by atoms with van der Waals surface area (Å²) in [6.07, 6.45) is 0. The van der Waals surface area contributed by atoms with Crippen LogP contribution < -0.4 is 0 Å². The molecule has 46 heavy (non-hydrogen) atoms. The summed E-state index contributed by atoms with van der Waals surface area (Å²) >= 11 is 1.85. The van der Waals surface area contributed by atoms with Crippen LogP contribution in [0.5, 0.6) is 0 Å². The Morgan fingerprint density at radius 1 is 0.348 bits per heavy atom. The van der Waals surface area contributed by atoms with Crippen molar-refractivity contribution in [2.75, 3.05) is 0 Å². The van der Waals surface area contributed by atoms with Crippen LogP contribution in [0, 0.1) is 0 Å². The minimum Gasteiger partial charge on any atom is -0.455 e. The Balaban J connectivity index is 1.26. The first-order valence-corrected chi connectivity index (χ1v) is 16.6. The van der Waals surface area contributed by atoms with Gasteiger partial charge in [0, 0.05) is 41.9 Å². The van der Waals surface area contributed by atoms with Crippen molar-refractivity contribution < 1.29 is 4.42 Å². The van der Waals surface area contributed by atoms with E-state index < -0.39 is 0 Å². The van der Waals surface area contributed by atoms with Crippen molar-refractivity contribution in [3.05, 3.63) is 146 Å². The second-order valence-corrected chi connectivity index (χ2v) is 13.5. The molecule has 0 unspecified atom stereocenters. The molecular formula is C44H24OS. The maximum Gasteiger partial charge on any atom is 0.143 e. The zero-order valence-electron chi connectivity index (χ0n) is 24.7. The highest BCUT2D eigenvalue weighted by Gasteiger charge is 2.21. The Morgan fingerprint density at radius 2 is 1.00 bits per heavy atom. The molecule has 0 aliphatic heterocycles. The molecule has 2 heteroatoms. The van der Waals surface area contributed by atoms with Gasteiger partial charge in [-0.15, -0.1) is 11.3 Å². The van der Waals surface area contributed by atoms with Crippen molar-refractivity contribution in [2.24, 2.45) is 0 Å². The van der Waals surface area contributed by atoms with E-state index in [-0.39, 0.29) is 0 Å². The van der Waals surface area contributed by atoms with Crippen molar-refractivity contribution in [3.63, 3.8) is 0 Å². The first-order valence-electron chi connectivity index (χ1n) is 15.8. The molecule has 2 aromatic heterocycles. The van der Waals surface area contributed by atoms with Crippen molar-refractivity contribution in [2.45, 2.75) is 0 Å². The fourth-order valence-corrected chi connectivity index (χ4v) is 9.01. The topological polar surface area (TPSA) is 13.1 Å². The van der Waals surface area contributed by atoms with Gasteiger partial charge in [0.15, 0.2) is 0 Å². The molecule has 9 aromatic carbocycles. The van der Waals surface area contributed by atoms with Crippen molar-refractivity contribution in [3.8, 4) is 22.3 Å². The Kier molecular flexibility index (Phi) is 4.78. The lowest BCUT2D eigenvalue weighted by Gasteiger charge is -2.15.